The Kier molecular flexibility index (Phi) is 9.88. The molecule has 18 nitrogen and oxygen atoms in total. The van der Waals surface area contributed by atoms with E-state index in [1.807, 2.05) is 22.9 Å². The van der Waals surface area contributed by atoms with Crippen LogP contribution in [0.15, 0.2) is 64.8 Å². The quantitative estimate of drug-likeness (QED) is 0.0348. The lowest BCUT2D eigenvalue weighted by atomic mass is 9.89. The van der Waals surface area contributed by atoms with E-state index in [9.17, 15) is 34.5 Å². The number of fused-ring (bicyclic) bond motifs is 2. The zero-order chi connectivity index (χ0) is 39.2. The predicted octanol–water partition coefficient (Wildman–Crippen LogP) is 3.18. The van der Waals surface area contributed by atoms with Crippen LogP contribution in [0.2, 0.25) is 5.02 Å². The van der Waals surface area contributed by atoms with Gasteiger partial charge in [0.05, 0.1) is 38.6 Å². The molecule has 7 rings (SSSR count). The molecular weight excluding hydrogens is 776 g/mol. The number of Topliss-reactive ketones (excluding diaryl/α,β-unsaturated/α-hetero) is 1. The fourth-order valence-electron chi connectivity index (χ4n) is 6.02. The number of nitrogens with zero attached hydrogens (tertiary/aromatic N) is 7. The van der Waals surface area contributed by atoms with Crippen LogP contribution >= 0.6 is 34.7 Å². The van der Waals surface area contributed by atoms with Gasteiger partial charge >= 0.3 is 5.97 Å². The van der Waals surface area contributed by atoms with Crippen LogP contribution in [0.3, 0.4) is 0 Å². The van der Waals surface area contributed by atoms with E-state index in [0.717, 1.165) is 22.4 Å². The second kappa shape index (κ2) is 14.6. The van der Waals surface area contributed by atoms with Crippen molar-refractivity contribution in [2.45, 2.75) is 37.8 Å². The number of amides is 2. The van der Waals surface area contributed by atoms with Gasteiger partial charge in [-0.3, -0.25) is 19.3 Å². The van der Waals surface area contributed by atoms with Gasteiger partial charge in [-0.05, 0) is 43.3 Å². The monoisotopic (exact) mass is 805 g/mol. The normalized spacial score (nSPS) is 17.2. The molecule has 7 N–H and O–H groups in total. The molecule has 5 aromatic rings. The number of aromatic nitrogens is 6. The maximum absolute atomic E-state index is 13.9. The number of halogens is 1. The minimum atomic E-state index is -1.75. The second-order valence-corrected chi connectivity index (χ2v) is 15.2. The molecule has 0 unspecified atom stereocenters. The lowest BCUT2D eigenvalue weighted by Gasteiger charge is -2.49. The van der Waals surface area contributed by atoms with Crippen LogP contribution in [0.5, 0.6) is 11.5 Å². The third-order valence-electron chi connectivity index (χ3n) is 8.90. The summed E-state index contributed by atoms with van der Waals surface area (Å²) in [7, 11) is 0. The van der Waals surface area contributed by atoms with Crippen LogP contribution in [-0.4, -0.2) is 91.8 Å². The van der Waals surface area contributed by atoms with E-state index in [1.54, 1.807) is 23.1 Å². The average molecular weight is 806 g/mol. The summed E-state index contributed by atoms with van der Waals surface area (Å²) in [6, 6.07) is 11.4. The summed E-state index contributed by atoms with van der Waals surface area (Å²) >= 11 is 8.65. The zero-order valence-corrected chi connectivity index (χ0v) is 31.1. The van der Waals surface area contributed by atoms with Crippen molar-refractivity contribution >= 4 is 91.4 Å². The van der Waals surface area contributed by atoms with Gasteiger partial charge in [-0.2, -0.15) is 9.78 Å². The number of pyridine rings is 1. The highest BCUT2D eigenvalue weighted by Gasteiger charge is 2.54. The number of phenolic OH excluding ortho intramolecular Hbond substituents is 2. The maximum atomic E-state index is 13.9. The van der Waals surface area contributed by atoms with Gasteiger partial charge in [-0.1, -0.05) is 22.8 Å². The van der Waals surface area contributed by atoms with Gasteiger partial charge in [-0.15, -0.1) is 33.3 Å². The van der Waals surface area contributed by atoms with Crippen molar-refractivity contribution in [3.8, 4) is 11.5 Å². The fourth-order valence-corrected chi connectivity index (χ4v) is 8.22. The number of aromatic amines is 1. The number of hydrogen-bond donors (Lipinski definition) is 6. The van der Waals surface area contributed by atoms with Crippen LogP contribution in [0.25, 0.3) is 16.6 Å². The Balaban J connectivity index is 1.16. The summed E-state index contributed by atoms with van der Waals surface area (Å²) < 4.78 is 1.94. The highest BCUT2D eigenvalue weighted by atomic mass is 35.5. The Morgan fingerprint density at radius 3 is 2.71 bits per heavy atom. The SMILES string of the molecule is CC(C)(O/N=C(\C(=O)C[C@@H]1C(=O)N2C(c3nn[nH]n3)=C(C[n+]3cccc4c(NC(=O)c5ccc(O)c(O)c5Cl)cccc43)CS[C@H]12)c1csc(N)n1)C(=O)O. The number of carbonyl (C=O) groups is 4. The first-order valence-electron chi connectivity index (χ1n) is 16.3. The first-order valence-corrected chi connectivity index (χ1v) is 18.6. The molecule has 2 amide bonds. The van der Waals surface area contributed by atoms with E-state index in [2.05, 4.69) is 36.1 Å². The van der Waals surface area contributed by atoms with E-state index < -0.39 is 46.1 Å². The predicted molar refractivity (Wildman–Crippen MR) is 200 cm³/mol. The smallest absolute Gasteiger partial charge is 0.350 e. The number of oxime groups is 1. The first kappa shape index (κ1) is 37.2. The number of phenols is 2. The number of nitrogen functional groups attached to an aromatic ring is 1. The van der Waals surface area contributed by atoms with Crippen molar-refractivity contribution < 1.29 is 43.9 Å². The topological polar surface area (TPSA) is 263 Å². The Bertz CT molecular complexity index is 2450. The summed E-state index contributed by atoms with van der Waals surface area (Å²) in [6.45, 7) is 2.84. The number of carbonyl (C=O) groups excluding carboxylic acids is 3. The lowest BCUT2D eigenvalue weighted by molar-refractivity contribution is -0.662. The largest absolute Gasteiger partial charge is 0.504 e. The molecule has 0 saturated carbocycles. The molecule has 1 fully saturated rings. The van der Waals surface area contributed by atoms with Gasteiger partial charge in [-0.25, -0.2) is 9.78 Å². The molecule has 0 aliphatic carbocycles. The number of H-pyrrole nitrogens is 1. The van der Waals surface area contributed by atoms with Crippen molar-refractivity contribution in [3.63, 3.8) is 0 Å². The number of aromatic hydroxyl groups is 2. The van der Waals surface area contributed by atoms with Crippen LogP contribution in [0.1, 0.15) is 42.1 Å². The van der Waals surface area contributed by atoms with Gasteiger partial charge in [0, 0.05) is 35.3 Å². The molecule has 0 radical (unpaired) electrons. The van der Waals surface area contributed by atoms with Gasteiger partial charge in [0.15, 0.2) is 40.9 Å². The number of β-lactam (4-membered cyclic amide) rings is 1. The highest BCUT2D eigenvalue weighted by Crippen LogP contribution is 2.47. The van der Waals surface area contributed by atoms with Gasteiger partial charge in [0.1, 0.15) is 5.69 Å². The fraction of sp³-hybridized carbons (Fsp3) is 0.235. The van der Waals surface area contributed by atoms with Crippen molar-refractivity contribution in [1.82, 2.24) is 30.5 Å². The van der Waals surface area contributed by atoms with Crippen molar-refractivity contribution in [2.75, 3.05) is 16.8 Å². The number of benzene rings is 2. The molecule has 3 aromatic heterocycles. The maximum Gasteiger partial charge on any atom is 0.350 e. The number of carboxylic acid groups (broad SMARTS) is 1. The molecule has 21 heteroatoms. The summed E-state index contributed by atoms with van der Waals surface area (Å²) in [4.78, 5) is 63.3. The van der Waals surface area contributed by atoms with E-state index in [1.165, 1.54) is 43.1 Å². The van der Waals surface area contributed by atoms with Crippen molar-refractivity contribution in [3.05, 3.63) is 81.7 Å². The number of tetrazole rings is 1. The summed E-state index contributed by atoms with van der Waals surface area (Å²) in [6.07, 6.45) is 1.58. The van der Waals surface area contributed by atoms with Crippen molar-refractivity contribution in [2.24, 2.45) is 11.1 Å². The van der Waals surface area contributed by atoms with E-state index in [-0.39, 0.29) is 51.8 Å². The molecule has 282 valence electrons. The van der Waals surface area contributed by atoms with E-state index in [0.29, 0.717) is 22.5 Å². The Morgan fingerprint density at radius 2 is 2.00 bits per heavy atom. The number of thioether (sulfide) groups is 1. The van der Waals surface area contributed by atoms with Gasteiger partial charge in [0.2, 0.25) is 22.8 Å². The number of ketones is 1. The zero-order valence-electron chi connectivity index (χ0n) is 28.8. The molecule has 2 atom stereocenters. The number of anilines is 2. The summed E-state index contributed by atoms with van der Waals surface area (Å²) in [5.74, 6) is -4.07. The van der Waals surface area contributed by atoms with E-state index in [4.69, 9.17) is 22.2 Å². The molecule has 2 aliphatic heterocycles. The number of nitrogens with one attached hydrogen (secondary N) is 2. The molecular formula is C34H30ClN10O8S2+. The minimum absolute atomic E-state index is 0.0347. The molecule has 5 heterocycles. The summed E-state index contributed by atoms with van der Waals surface area (Å²) in [5, 5.41) is 52.0. The molecule has 0 bridgehead atoms. The van der Waals surface area contributed by atoms with E-state index >= 15 is 0 Å². The standard InChI is InChI=1S/C34H29ClN10O8S2/c1-34(2,32(51)52)53-41-25(20-14-55-33(36)38-20)23(47)11-18-30(50)45-26(28-39-42-43-40-28)15(13-54-31(18)45)12-44-10-4-5-16-19(6-3-7-21(16)44)37-29(49)17-8-9-22(46)27(48)24(17)35/h3-10,14,18,31H,11-13H2,1-2H3,(H6,36,38,39,40,41,42,43,46,47,48,49,51,52)/p+1/t18-,31-/m1/s1. The number of aliphatic carboxylic acids is 1. The van der Waals surface area contributed by atoms with Crippen LogP contribution in [0, 0.1) is 5.92 Å². The Hall–Kier alpha value is -6.12. The highest BCUT2D eigenvalue weighted by molar-refractivity contribution is 8.00. The van der Waals surface area contributed by atoms with Gasteiger partial charge < -0.3 is 31.2 Å². The number of carboxylic acids is 1. The molecule has 0 spiro atoms. The minimum Gasteiger partial charge on any atom is -0.504 e. The molecule has 2 aromatic carbocycles. The van der Waals surface area contributed by atoms with Crippen LogP contribution < -0.4 is 15.6 Å². The Morgan fingerprint density at radius 1 is 1.20 bits per heavy atom. The lowest BCUT2D eigenvalue weighted by Crippen LogP contribution is -2.61. The van der Waals surface area contributed by atoms with Gasteiger partial charge in [0.25, 0.3) is 5.91 Å². The number of nitrogens with two attached hydrogens (primary N) is 1. The molecule has 1 saturated heterocycles. The molecule has 2 aliphatic rings. The average Bonchev–Trinajstić information content (AvgIpc) is 3.85. The Labute approximate surface area is 323 Å². The molecule has 55 heavy (non-hydrogen) atoms. The summed E-state index contributed by atoms with van der Waals surface area (Å²) in [5.41, 5.74) is 6.26. The van der Waals surface area contributed by atoms with Crippen molar-refractivity contribution in [1.29, 1.82) is 0 Å². The van der Waals surface area contributed by atoms with Crippen LogP contribution in [0.4, 0.5) is 10.8 Å². The van der Waals surface area contributed by atoms with Crippen LogP contribution in [-0.2, 0) is 25.8 Å². The number of thiazole rings is 1. The third kappa shape index (κ3) is 7.01. The number of hydrogen-bond acceptors (Lipinski definition) is 15. The number of rotatable bonds is 12. The third-order valence-corrected chi connectivity index (χ3v) is 11.4. The first-order chi connectivity index (χ1) is 26.2. The second-order valence-electron chi connectivity index (χ2n) is 12.9.